The lowest BCUT2D eigenvalue weighted by molar-refractivity contribution is 0.0859. The van der Waals surface area contributed by atoms with Crippen LogP contribution in [0, 0.1) is 11.8 Å². The van der Waals surface area contributed by atoms with Crippen molar-refractivity contribution in [2.45, 2.75) is 51.6 Å². The first-order chi connectivity index (χ1) is 8.06. The smallest absolute Gasteiger partial charge is 0.250 e. The fourth-order valence-corrected chi connectivity index (χ4v) is 3.01. The van der Waals surface area contributed by atoms with Gasteiger partial charge in [-0.3, -0.25) is 4.90 Å². The molecule has 100 valence electrons. The molecular weight excluding hydrogens is 222 g/mol. The lowest BCUT2D eigenvalue weighted by atomic mass is 9.94. The van der Waals surface area contributed by atoms with Gasteiger partial charge < -0.3 is 5.32 Å². The van der Waals surface area contributed by atoms with Crippen LogP contribution in [0.2, 0.25) is 0 Å². The number of nitrogens with zero attached hydrogens (tertiary/aromatic N) is 1. The van der Waals surface area contributed by atoms with Crippen LogP contribution >= 0.6 is 0 Å². The highest BCUT2D eigenvalue weighted by Crippen LogP contribution is 2.36. The summed E-state index contributed by atoms with van der Waals surface area (Å²) in [6, 6.07) is 0.877. The molecule has 2 aliphatic rings. The van der Waals surface area contributed by atoms with Gasteiger partial charge in [-0.05, 0) is 38.0 Å². The molecule has 2 fully saturated rings. The molecule has 2 nitrogen and oxygen atoms in total. The fourth-order valence-electron chi connectivity index (χ4n) is 3.01. The molecular formula is C13H24F2N2. The van der Waals surface area contributed by atoms with Crippen molar-refractivity contribution in [3.05, 3.63) is 0 Å². The van der Waals surface area contributed by atoms with Crippen molar-refractivity contribution >= 4 is 0 Å². The summed E-state index contributed by atoms with van der Waals surface area (Å²) in [5.74, 6) is 1.47. The molecule has 1 heterocycles. The normalized spacial score (nSPS) is 33.0. The Morgan fingerprint density at radius 2 is 2.00 bits per heavy atom. The van der Waals surface area contributed by atoms with Crippen LogP contribution in [0.15, 0.2) is 0 Å². The van der Waals surface area contributed by atoms with Crippen molar-refractivity contribution in [1.82, 2.24) is 10.2 Å². The van der Waals surface area contributed by atoms with Crippen LogP contribution in [-0.2, 0) is 0 Å². The van der Waals surface area contributed by atoms with Crippen LogP contribution < -0.4 is 5.32 Å². The summed E-state index contributed by atoms with van der Waals surface area (Å²) in [7, 11) is 0. The summed E-state index contributed by atoms with van der Waals surface area (Å²) in [5, 5.41) is 3.00. The lowest BCUT2D eigenvalue weighted by Crippen LogP contribution is -2.52. The van der Waals surface area contributed by atoms with Gasteiger partial charge >= 0.3 is 0 Å². The van der Waals surface area contributed by atoms with E-state index in [1.54, 1.807) is 0 Å². The average molecular weight is 246 g/mol. The Morgan fingerprint density at radius 3 is 2.59 bits per heavy atom. The molecule has 17 heavy (non-hydrogen) atoms. The summed E-state index contributed by atoms with van der Waals surface area (Å²) < 4.78 is 24.4. The average Bonchev–Trinajstić information content (AvgIpc) is 3.08. The zero-order chi connectivity index (χ0) is 12.4. The minimum Gasteiger partial charge on any atom is -0.307 e. The van der Waals surface area contributed by atoms with E-state index in [0.717, 1.165) is 25.4 Å². The Hall–Kier alpha value is -0.220. The van der Waals surface area contributed by atoms with Gasteiger partial charge in [0.15, 0.2) is 0 Å². The molecule has 0 aromatic heterocycles. The Kier molecular flexibility index (Phi) is 4.36. The topological polar surface area (TPSA) is 15.3 Å². The Labute approximate surface area is 103 Å². The zero-order valence-electron chi connectivity index (χ0n) is 10.8. The fraction of sp³-hybridized carbons (Fsp3) is 1.00. The third-order valence-corrected chi connectivity index (χ3v) is 4.13. The van der Waals surface area contributed by atoms with Gasteiger partial charge in [0.05, 0.1) is 6.54 Å². The molecule has 2 rings (SSSR count). The molecule has 0 spiro atoms. The lowest BCUT2D eigenvalue weighted by Gasteiger charge is -2.40. The maximum absolute atomic E-state index is 12.2. The van der Waals surface area contributed by atoms with E-state index >= 15 is 0 Å². The van der Waals surface area contributed by atoms with Crippen LogP contribution in [0.1, 0.15) is 33.1 Å². The van der Waals surface area contributed by atoms with Crippen LogP contribution in [0.3, 0.4) is 0 Å². The first kappa shape index (κ1) is 13.2. The summed E-state index contributed by atoms with van der Waals surface area (Å²) in [5.41, 5.74) is 0. The SMILES string of the molecule is CC1CC(NCC(F)F)CN(C(C)C2CC2)C1. The second-order valence-electron chi connectivity index (χ2n) is 5.87. The van der Waals surface area contributed by atoms with Gasteiger partial charge in [0.1, 0.15) is 0 Å². The van der Waals surface area contributed by atoms with E-state index in [1.807, 2.05) is 0 Å². The second kappa shape index (κ2) is 5.61. The van der Waals surface area contributed by atoms with E-state index < -0.39 is 6.43 Å². The van der Waals surface area contributed by atoms with E-state index in [2.05, 4.69) is 24.1 Å². The zero-order valence-corrected chi connectivity index (χ0v) is 10.8. The van der Waals surface area contributed by atoms with E-state index in [-0.39, 0.29) is 12.6 Å². The van der Waals surface area contributed by atoms with Gasteiger partial charge in [-0.2, -0.15) is 0 Å². The van der Waals surface area contributed by atoms with Gasteiger partial charge in [-0.25, -0.2) is 8.78 Å². The minimum atomic E-state index is -2.23. The molecule has 1 saturated heterocycles. The van der Waals surface area contributed by atoms with Crippen molar-refractivity contribution < 1.29 is 8.78 Å². The number of piperidine rings is 1. The molecule has 1 saturated carbocycles. The predicted octanol–water partition coefficient (Wildman–Crippen LogP) is 2.35. The maximum atomic E-state index is 12.2. The number of hydrogen-bond acceptors (Lipinski definition) is 2. The highest BCUT2D eigenvalue weighted by atomic mass is 19.3. The number of likely N-dealkylation sites (tertiary alicyclic amines) is 1. The standard InChI is InChI=1S/C13H24F2N2/c1-9-5-12(16-6-13(14)15)8-17(7-9)10(2)11-3-4-11/h9-13,16H,3-8H2,1-2H3. The van der Waals surface area contributed by atoms with E-state index in [4.69, 9.17) is 0 Å². The van der Waals surface area contributed by atoms with Gasteiger partial charge in [0.2, 0.25) is 0 Å². The third kappa shape index (κ3) is 3.88. The summed E-state index contributed by atoms with van der Waals surface area (Å²) >= 11 is 0. The molecule has 0 aromatic carbocycles. The highest BCUT2D eigenvalue weighted by molar-refractivity contribution is 4.90. The van der Waals surface area contributed by atoms with Crippen molar-refractivity contribution in [2.24, 2.45) is 11.8 Å². The first-order valence-electron chi connectivity index (χ1n) is 6.82. The maximum Gasteiger partial charge on any atom is 0.250 e. The Bertz CT molecular complexity index is 244. The Morgan fingerprint density at radius 1 is 1.29 bits per heavy atom. The quantitative estimate of drug-likeness (QED) is 0.801. The van der Waals surface area contributed by atoms with Crippen molar-refractivity contribution in [3.8, 4) is 0 Å². The highest BCUT2D eigenvalue weighted by Gasteiger charge is 2.35. The number of alkyl halides is 2. The van der Waals surface area contributed by atoms with Gasteiger partial charge in [0.25, 0.3) is 6.43 Å². The van der Waals surface area contributed by atoms with Gasteiger partial charge in [0, 0.05) is 25.2 Å². The summed E-state index contributed by atoms with van der Waals surface area (Å²) in [6.07, 6.45) is 1.49. The van der Waals surface area contributed by atoms with E-state index in [9.17, 15) is 8.78 Å². The minimum absolute atomic E-state index is 0.164. The molecule has 0 aromatic rings. The largest absolute Gasteiger partial charge is 0.307 e. The molecule has 1 aliphatic heterocycles. The number of rotatable bonds is 5. The van der Waals surface area contributed by atoms with Gasteiger partial charge in [-0.1, -0.05) is 6.92 Å². The first-order valence-corrected chi connectivity index (χ1v) is 6.82. The number of hydrogen-bond donors (Lipinski definition) is 1. The molecule has 1 N–H and O–H groups in total. The van der Waals surface area contributed by atoms with E-state index in [1.165, 1.54) is 12.8 Å². The van der Waals surface area contributed by atoms with Crippen molar-refractivity contribution in [3.63, 3.8) is 0 Å². The van der Waals surface area contributed by atoms with Crippen LogP contribution in [0.4, 0.5) is 8.78 Å². The monoisotopic (exact) mass is 246 g/mol. The number of nitrogens with one attached hydrogen (secondary N) is 1. The Balaban J connectivity index is 1.82. The molecule has 3 unspecified atom stereocenters. The van der Waals surface area contributed by atoms with Crippen LogP contribution in [0.5, 0.6) is 0 Å². The molecule has 0 amide bonds. The molecule has 0 bridgehead atoms. The second-order valence-corrected chi connectivity index (χ2v) is 5.87. The van der Waals surface area contributed by atoms with Crippen molar-refractivity contribution in [1.29, 1.82) is 0 Å². The van der Waals surface area contributed by atoms with Crippen LogP contribution in [-0.4, -0.2) is 43.0 Å². The molecule has 1 aliphatic carbocycles. The van der Waals surface area contributed by atoms with Crippen LogP contribution in [0.25, 0.3) is 0 Å². The van der Waals surface area contributed by atoms with Crippen molar-refractivity contribution in [2.75, 3.05) is 19.6 Å². The van der Waals surface area contributed by atoms with E-state index in [0.29, 0.717) is 12.0 Å². The van der Waals surface area contributed by atoms with Gasteiger partial charge in [-0.15, -0.1) is 0 Å². The molecule has 0 radical (unpaired) electrons. The third-order valence-electron chi connectivity index (χ3n) is 4.13. The molecule has 4 heteroatoms. The summed E-state index contributed by atoms with van der Waals surface area (Å²) in [4.78, 5) is 2.50. The molecule has 3 atom stereocenters. The number of halogens is 2. The predicted molar refractivity (Wildman–Crippen MR) is 65.3 cm³/mol. The summed E-state index contributed by atoms with van der Waals surface area (Å²) in [6.45, 7) is 6.42.